The predicted molar refractivity (Wildman–Crippen MR) is 56.7 cm³/mol. The Hall–Kier alpha value is -1.50. The summed E-state index contributed by atoms with van der Waals surface area (Å²) in [4.78, 5) is 10.9. The molecule has 1 N–H and O–H groups in total. The maximum Gasteiger partial charge on any atom is 0.426 e. The van der Waals surface area contributed by atoms with Crippen molar-refractivity contribution < 1.29 is 32.2 Å². The Bertz CT molecular complexity index is 529. The second-order valence-corrected chi connectivity index (χ2v) is 4.54. The van der Waals surface area contributed by atoms with Crippen molar-refractivity contribution in [3.63, 3.8) is 0 Å². The van der Waals surface area contributed by atoms with Gasteiger partial charge in [-0.1, -0.05) is 11.6 Å². The van der Waals surface area contributed by atoms with E-state index in [1.807, 2.05) is 0 Å². The molecule has 3 nitrogen and oxygen atoms in total. The van der Waals surface area contributed by atoms with E-state index in [-0.39, 0.29) is 10.6 Å². The lowest BCUT2D eigenvalue weighted by molar-refractivity contribution is -0.218. The van der Waals surface area contributed by atoms with E-state index in [0.29, 0.717) is 0 Å². The van der Waals surface area contributed by atoms with Crippen LogP contribution in [0.15, 0.2) is 12.1 Å². The number of aliphatic carboxylic acids is 1. The van der Waals surface area contributed by atoms with Crippen molar-refractivity contribution in [2.75, 3.05) is 0 Å². The molecule has 0 saturated carbocycles. The van der Waals surface area contributed by atoms with Crippen LogP contribution >= 0.6 is 11.6 Å². The van der Waals surface area contributed by atoms with Crippen molar-refractivity contribution in [1.82, 2.24) is 0 Å². The summed E-state index contributed by atoms with van der Waals surface area (Å²) in [6.07, 6.45) is -7.97. The average Bonchev–Trinajstić information content (AvgIpc) is 2.25. The lowest BCUT2D eigenvalue weighted by Crippen LogP contribution is -2.47. The van der Waals surface area contributed by atoms with E-state index in [4.69, 9.17) is 16.7 Å². The molecule has 0 radical (unpaired) electrons. The number of benzene rings is 1. The minimum atomic E-state index is -4.90. The lowest BCUT2D eigenvalue weighted by atomic mass is 9.90. The Kier molecular flexibility index (Phi) is 3.34. The molecule has 8 heteroatoms. The van der Waals surface area contributed by atoms with E-state index >= 15 is 0 Å². The highest BCUT2D eigenvalue weighted by Gasteiger charge is 2.52. The van der Waals surface area contributed by atoms with Crippen molar-refractivity contribution in [2.45, 2.75) is 18.7 Å². The fraction of sp³-hybridized carbons (Fsp3) is 0.364. The minimum absolute atomic E-state index is 0.0119. The first-order valence-corrected chi connectivity index (χ1v) is 5.52. The van der Waals surface area contributed by atoms with Crippen LogP contribution in [0.5, 0.6) is 5.75 Å². The summed E-state index contributed by atoms with van der Waals surface area (Å²) < 4.78 is 56.2. The van der Waals surface area contributed by atoms with Gasteiger partial charge in [-0.05, 0) is 24.1 Å². The normalized spacial score (nSPS) is 22.6. The first-order valence-electron chi connectivity index (χ1n) is 5.14. The topological polar surface area (TPSA) is 46.5 Å². The highest BCUT2D eigenvalue weighted by molar-refractivity contribution is 6.30. The van der Waals surface area contributed by atoms with Gasteiger partial charge in [0.2, 0.25) is 6.10 Å². The largest absolute Gasteiger partial charge is 0.481 e. The first-order chi connectivity index (χ1) is 8.70. The van der Waals surface area contributed by atoms with E-state index in [2.05, 4.69) is 4.74 Å². The summed E-state index contributed by atoms with van der Waals surface area (Å²) in [6, 6.07) is 2.01. The SMILES string of the molecule is O=C(O)C1Cc2cc(Cl)cc(F)c2OC1C(F)(F)F. The number of halogens is 5. The molecule has 0 aromatic heterocycles. The third kappa shape index (κ3) is 2.60. The van der Waals surface area contributed by atoms with Crippen molar-refractivity contribution >= 4 is 17.6 Å². The number of hydrogen-bond acceptors (Lipinski definition) is 2. The molecule has 0 bridgehead atoms. The van der Waals surface area contributed by atoms with Gasteiger partial charge in [0, 0.05) is 5.02 Å². The third-order valence-electron chi connectivity index (χ3n) is 2.78. The van der Waals surface area contributed by atoms with Gasteiger partial charge in [-0.25, -0.2) is 4.39 Å². The maximum atomic E-state index is 13.5. The van der Waals surface area contributed by atoms with E-state index in [1.165, 1.54) is 6.07 Å². The molecule has 2 atom stereocenters. The molecule has 1 aliphatic rings. The van der Waals surface area contributed by atoms with Crippen LogP contribution in [-0.2, 0) is 11.2 Å². The zero-order valence-electron chi connectivity index (χ0n) is 9.17. The van der Waals surface area contributed by atoms with Crippen LogP contribution in [0.4, 0.5) is 17.6 Å². The number of fused-ring (bicyclic) bond motifs is 1. The summed E-state index contributed by atoms with van der Waals surface area (Å²) in [6.45, 7) is 0. The summed E-state index contributed by atoms with van der Waals surface area (Å²) in [5, 5.41) is 8.80. The zero-order chi connectivity index (χ0) is 14.4. The van der Waals surface area contributed by atoms with Gasteiger partial charge in [0.05, 0.1) is 0 Å². The molecule has 19 heavy (non-hydrogen) atoms. The fourth-order valence-electron chi connectivity index (χ4n) is 1.96. The van der Waals surface area contributed by atoms with Gasteiger partial charge < -0.3 is 9.84 Å². The molecule has 0 fully saturated rings. The second-order valence-electron chi connectivity index (χ2n) is 4.10. The minimum Gasteiger partial charge on any atom is -0.481 e. The number of carboxylic acid groups (broad SMARTS) is 1. The highest BCUT2D eigenvalue weighted by atomic mass is 35.5. The van der Waals surface area contributed by atoms with Crippen LogP contribution in [-0.4, -0.2) is 23.4 Å². The molecule has 0 aliphatic carbocycles. The van der Waals surface area contributed by atoms with Gasteiger partial charge in [-0.2, -0.15) is 13.2 Å². The van der Waals surface area contributed by atoms with Crippen molar-refractivity contribution in [3.05, 3.63) is 28.5 Å². The Morgan fingerprint density at radius 3 is 2.58 bits per heavy atom. The quantitative estimate of drug-likeness (QED) is 0.811. The van der Waals surface area contributed by atoms with Crippen LogP contribution in [0.1, 0.15) is 5.56 Å². The predicted octanol–water partition coefficient (Wildman–Crippen LogP) is 3.05. The van der Waals surface area contributed by atoms with Crippen LogP contribution in [0.2, 0.25) is 5.02 Å². The van der Waals surface area contributed by atoms with E-state index in [0.717, 1.165) is 6.07 Å². The third-order valence-corrected chi connectivity index (χ3v) is 2.99. The van der Waals surface area contributed by atoms with Crippen LogP contribution in [0, 0.1) is 11.7 Å². The van der Waals surface area contributed by atoms with Gasteiger partial charge >= 0.3 is 12.1 Å². The second kappa shape index (κ2) is 4.56. The first kappa shape index (κ1) is 13.9. The van der Waals surface area contributed by atoms with Crippen LogP contribution in [0.25, 0.3) is 0 Å². The summed E-state index contributed by atoms with van der Waals surface area (Å²) in [5.41, 5.74) is 0.0119. The number of carboxylic acids is 1. The molecule has 0 saturated heterocycles. The summed E-state index contributed by atoms with van der Waals surface area (Å²) in [7, 11) is 0. The maximum absolute atomic E-state index is 13.5. The molecule has 1 aliphatic heterocycles. The molecule has 2 unspecified atom stereocenters. The molecular formula is C11H7ClF4O3. The number of alkyl halides is 3. The van der Waals surface area contributed by atoms with Gasteiger partial charge in [0.1, 0.15) is 5.92 Å². The van der Waals surface area contributed by atoms with Gasteiger partial charge in [-0.3, -0.25) is 4.79 Å². The monoisotopic (exact) mass is 298 g/mol. The van der Waals surface area contributed by atoms with E-state index < -0.39 is 42.2 Å². The fourth-order valence-corrected chi connectivity index (χ4v) is 2.19. The van der Waals surface area contributed by atoms with Crippen LogP contribution in [0.3, 0.4) is 0 Å². The number of ether oxygens (including phenoxy) is 1. The molecule has 0 spiro atoms. The molecule has 1 heterocycles. The average molecular weight is 299 g/mol. The van der Waals surface area contributed by atoms with Crippen molar-refractivity contribution in [3.8, 4) is 5.75 Å². The van der Waals surface area contributed by atoms with Gasteiger partial charge in [0.15, 0.2) is 11.6 Å². The lowest BCUT2D eigenvalue weighted by Gasteiger charge is -2.32. The van der Waals surface area contributed by atoms with Gasteiger partial charge in [-0.15, -0.1) is 0 Å². The molecule has 2 rings (SSSR count). The number of hydrogen-bond donors (Lipinski definition) is 1. The van der Waals surface area contributed by atoms with E-state index in [9.17, 15) is 22.4 Å². The van der Waals surface area contributed by atoms with Crippen LogP contribution < -0.4 is 4.74 Å². The zero-order valence-corrected chi connectivity index (χ0v) is 9.93. The standard InChI is InChI=1S/C11H7ClF4O3/c12-5-1-4-2-6(10(17)18)9(11(14,15)16)19-8(4)7(13)3-5/h1,3,6,9H,2H2,(H,17,18). The van der Waals surface area contributed by atoms with Crippen molar-refractivity contribution in [1.29, 1.82) is 0 Å². The number of rotatable bonds is 1. The molecular weight excluding hydrogens is 292 g/mol. The van der Waals surface area contributed by atoms with E-state index in [1.54, 1.807) is 0 Å². The number of carbonyl (C=O) groups is 1. The van der Waals surface area contributed by atoms with Gasteiger partial charge in [0.25, 0.3) is 0 Å². The Balaban J connectivity index is 2.48. The molecule has 1 aromatic rings. The molecule has 1 aromatic carbocycles. The highest BCUT2D eigenvalue weighted by Crippen LogP contribution is 2.40. The Morgan fingerprint density at radius 2 is 2.05 bits per heavy atom. The summed E-state index contributed by atoms with van der Waals surface area (Å²) >= 11 is 5.57. The van der Waals surface area contributed by atoms with Crippen molar-refractivity contribution in [2.24, 2.45) is 5.92 Å². The Morgan fingerprint density at radius 1 is 1.42 bits per heavy atom. The molecule has 0 amide bonds. The Labute approximate surface area is 109 Å². The summed E-state index contributed by atoms with van der Waals surface area (Å²) in [5.74, 6) is -5.12. The molecule has 104 valence electrons. The smallest absolute Gasteiger partial charge is 0.426 e.